The molecule has 1 heterocycles. The van der Waals surface area contributed by atoms with Gasteiger partial charge in [-0.25, -0.2) is 9.59 Å². The summed E-state index contributed by atoms with van der Waals surface area (Å²) in [5, 5.41) is 6.04. The Morgan fingerprint density at radius 1 is 1.21 bits per heavy atom. The van der Waals surface area contributed by atoms with Crippen LogP contribution < -0.4 is 10.6 Å². The molecule has 0 bridgehead atoms. The second-order valence-corrected chi connectivity index (χ2v) is 6.46. The molecule has 0 radical (unpaired) electrons. The second kappa shape index (κ2) is 9.27. The van der Waals surface area contributed by atoms with Crippen LogP contribution in [-0.4, -0.2) is 49.1 Å². The van der Waals surface area contributed by atoms with E-state index in [1.807, 2.05) is 44.2 Å². The van der Waals surface area contributed by atoms with Crippen molar-refractivity contribution in [3.63, 3.8) is 0 Å². The Kier molecular flexibility index (Phi) is 7.06. The molecule has 6 nitrogen and oxygen atoms in total. The molecule has 0 unspecified atom stereocenters. The Morgan fingerprint density at radius 2 is 1.88 bits per heavy atom. The van der Waals surface area contributed by atoms with Crippen LogP contribution in [0.3, 0.4) is 0 Å². The Balaban J connectivity index is 1.90. The van der Waals surface area contributed by atoms with Crippen LogP contribution in [0.25, 0.3) is 0 Å². The molecule has 1 aromatic rings. The first kappa shape index (κ1) is 18.3. The van der Waals surface area contributed by atoms with Gasteiger partial charge in [0, 0.05) is 26.2 Å². The van der Waals surface area contributed by atoms with E-state index in [0.29, 0.717) is 19.5 Å². The first-order valence-corrected chi connectivity index (χ1v) is 8.53. The average Bonchev–Trinajstić information content (AvgIpc) is 2.60. The molecule has 2 amide bonds. The van der Waals surface area contributed by atoms with Gasteiger partial charge in [-0.05, 0) is 17.9 Å². The predicted octanol–water partition coefficient (Wildman–Crippen LogP) is 1.76. The summed E-state index contributed by atoms with van der Waals surface area (Å²) in [5.41, 5.74) is 0.933. The van der Waals surface area contributed by atoms with Gasteiger partial charge in [-0.1, -0.05) is 44.2 Å². The van der Waals surface area contributed by atoms with Crippen molar-refractivity contribution in [2.45, 2.75) is 32.9 Å². The van der Waals surface area contributed by atoms with Gasteiger partial charge in [-0.3, -0.25) is 0 Å². The van der Waals surface area contributed by atoms with E-state index < -0.39 is 6.04 Å². The highest BCUT2D eigenvalue weighted by atomic mass is 16.5. The zero-order valence-electron chi connectivity index (χ0n) is 14.5. The number of nitrogens with one attached hydrogen (secondary N) is 2. The molecule has 0 aromatic heterocycles. The summed E-state index contributed by atoms with van der Waals surface area (Å²) in [4.78, 5) is 26.5. The van der Waals surface area contributed by atoms with Gasteiger partial charge in [0.05, 0.1) is 0 Å². The predicted molar refractivity (Wildman–Crippen MR) is 92.5 cm³/mol. The van der Waals surface area contributed by atoms with Crippen LogP contribution in [0.5, 0.6) is 0 Å². The number of hydrogen-bond acceptors (Lipinski definition) is 4. The number of ether oxygens (including phenoxy) is 1. The van der Waals surface area contributed by atoms with E-state index in [4.69, 9.17) is 4.74 Å². The molecule has 1 aliphatic heterocycles. The van der Waals surface area contributed by atoms with Gasteiger partial charge in [0.2, 0.25) is 0 Å². The summed E-state index contributed by atoms with van der Waals surface area (Å²) in [6, 6.07) is 8.73. The van der Waals surface area contributed by atoms with Crippen LogP contribution in [0.15, 0.2) is 30.3 Å². The van der Waals surface area contributed by atoms with E-state index in [2.05, 4.69) is 10.6 Å². The number of hydrogen-bond donors (Lipinski definition) is 2. The van der Waals surface area contributed by atoms with E-state index >= 15 is 0 Å². The third kappa shape index (κ3) is 5.85. The quantitative estimate of drug-likeness (QED) is 0.778. The van der Waals surface area contributed by atoms with Crippen molar-refractivity contribution in [2.24, 2.45) is 5.92 Å². The number of rotatable bonds is 6. The Bertz CT molecular complexity index is 528. The van der Waals surface area contributed by atoms with Gasteiger partial charge in [0.25, 0.3) is 0 Å². The van der Waals surface area contributed by atoms with Crippen LogP contribution in [0, 0.1) is 5.92 Å². The van der Waals surface area contributed by atoms with E-state index in [-0.39, 0.29) is 24.5 Å². The van der Waals surface area contributed by atoms with Gasteiger partial charge in [-0.2, -0.15) is 0 Å². The fourth-order valence-corrected chi connectivity index (χ4v) is 2.62. The largest absolute Gasteiger partial charge is 0.459 e. The lowest BCUT2D eigenvalue weighted by atomic mass is 10.0. The molecular formula is C18H27N3O3. The van der Waals surface area contributed by atoms with E-state index in [0.717, 1.165) is 18.7 Å². The third-order valence-electron chi connectivity index (χ3n) is 3.92. The number of carbonyl (C=O) groups excluding carboxylic acids is 2. The normalized spacial score (nSPS) is 15.9. The molecule has 1 atom stereocenters. The SMILES string of the molecule is CC(C)C[C@H](NC(=O)N1CCNCC1)C(=O)OCc1ccccc1. The van der Waals surface area contributed by atoms with Crippen molar-refractivity contribution in [1.82, 2.24) is 15.5 Å². The Hall–Kier alpha value is -2.08. The fourth-order valence-electron chi connectivity index (χ4n) is 2.62. The van der Waals surface area contributed by atoms with Gasteiger partial charge < -0.3 is 20.3 Å². The van der Waals surface area contributed by atoms with Crippen molar-refractivity contribution in [3.05, 3.63) is 35.9 Å². The summed E-state index contributed by atoms with van der Waals surface area (Å²) in [6.07, 6.45) is 0.561. The van der Waals surface area contributed by atoms with E-state index in [1.165, 1.54) is 0 Å². The van der Waals surface area contributed by atoms with Crippen molar-refractivity contribution < 1.29 is 14.3 Å². The van der Waals surface area contributed by atoms with Crippen LogP contribution in [0.1, 0.15) is 25.8 Å². The van der Waals surface area contributed by atoms with Gasteiger partial charge in [0.15, 0.2) is 0 Å². The highest BCUT2D eigenvalue weighted by Gasteiger charge is 2.26. The number of carbonyl (C=O) groups is 2. The smallest absolute Gasteiger partial charge is 0.329 e. The molecule has 1 saturated heterocycles. The van der Waals surface area contributed by atoms with E-state index in [1.54, 1.807) is 4.90 Å². The summed E-state index contributed by atoms with van der Waals surface area (Å²) in [5.74, 6) is -0.0985. The standard InChI is InChI=1S/C18H27N3O3/c1-14(2)12-16(20-18(23)21-10-8-19-9-11-21)17(22)24-13-15-6-4-3-5-7-15/h3-7,14,16,19H,8-13H2,1-2H3,(H,20,23)/t16-/m0/s1. The minimum Gasteiger partial charge on any atom is -0.459 e. The molecule has 0 spiro atoms. The van der Waals surface area contributed by atoms with Gasteiger partial charge >= 0.3 is 12.0 Å². The van der Waals surface area contributed by atoms with Crippen LogP contribution >= 0.6 is 0 Å². The van der Waals surface area contributed by atoms with Crippen molar-refractivity contribution >= 4 is 12.0 Å². The maximum Gasteiger partial charge on any atom is 0.329 e. The number of benzene rings is 1. The summed E-state index contributed by atoms with van der Waals surface area (Å²) in [6.45, 7) is 7.13. The summed E-state index contributed by atoms with van der Waals surface area (Å²) in [7, 11) is 0. The van der Waals surface area contributed by atoms with Crippen molar-refractivity contribution in [3.8, 4) is 0 Å². The highest BCUT2D eigenvalue weighted by Crippen LogP contribution is 2.09. The third-order valence-corrected chi connectivity index (χ3v) is 3.92. The molecule has 132 valence electrons. The molecule has 1 aliphatic rings. The van der Waals surface area contributed by atoms with Gasteiger partial charge in [0.1, 0.15) is 12.6 Å². The Morgan fingerprint density at radius 3 is 2.50 bits per heavy atom. The maximum absolute atomic E-state index is 12.4. The lowest BCUT2D eigenvalue weighted by Gasteiger charge is -2.29. The number of nitrogens with zero attached hydrogens (tertiary/aromatic N) is 1. The topological polar surface area (TPSA) is 70.7 Å². The van der Waals surface area contributed by atoms with Crippen LogP contribution in [0.2, 0.25) is 0 Å². The Labute approximate surface area is 143 Å². The molecule has 2 rings (SSSR count). The second-order valence-electron chi connectivity index (χ2n) is 6.46. The fraction of sp³-hybridized carbons (Fsp3) is 0.556. The lowest BCUT2D eigenvalue weighted by Crippen LogP contribution is -2.54. The number of urea groups is 1. The molecule has 1 fully saturated rings. The first-order valence-electron chi connectivity index (χ1n) is 8.53. The summed E-state index contributed by atoms with van der Waals surface area (Å²) < 4.78 is 5.39. The molecule has 2 N–H and O–H groups in total. The monoisotopic (exact) mass is 333 g/mol. The molecule has 0 aliphatic carbocycles. The number of esters is 1. The van der Waals surface area contributed by atoms with Crippen molar-refractivity contribution in [2.75, 3.05) is 26.2 Å². The lowest BCUT2D eigenvalue weighted by molar-refractivity contribution is -0.147. The van der Waals surface area contributed by atoms with Crippen LogP contribution in [-0.2, 0) is 16.1 Å². The minimum atomic E-state index is -0.615. The van der Waals surface area contributed by atoms with Crippen molar-refractivity contribution in [1.29, 1.82) is 0 Å². The molecule has 6 heteroatoms. The first-order chi connectivity index (χ1) is 11.6. The molecule has 24 heavy (non-hydrogen) atoms. The molecule has 1 aromatic carbocycles. The zero-order valence-corrected chi connectivity index (χ0v) is 14.5. The highest BCUT2D eigenvalue weighted by molar-refractivity contribution is 5.83. The minimum absolute atomic E-state index is 0.196. The van der Waals surface area contributed by atoms with Crippen LogP contribution in [0.4, 0.5) is 4.79 Å². The number of piperazine rings is 1. The zero-order chi connectivity index (χ0) is 17.4. The van der Waals surface area contributed by atoms with Gasteiger partial charge in [-0.15, -0.1) is 0 Å². The molecule has 0 saturated carbocycles. The van der Waals surface area contributed by atoms with E-state index in [9.17, 15) is 9.59 Å². The maximum atomic E-state index is 12.4. The molecular weight excluding hydrogens is 306 g/mol. The summed E-state index contributed by atoms with van der Waals surface area (Å²) >= 11 is 0. The average molecular weight is 333 g/mol. The number of amides is 2.